The van der Waals surface area contributed by atoms with E-state index in [1.54, 1.807) is 37.9 Å². The van der Waals surface area contributed by atoms with Crippen LogP contribution in [0.25, 0.3) is 39.0 Å². The molecule has 0 saturated heterocycles. The molecule has 0 saturated carbocycles. The molecule has 0 amide bonds. The predicted molar refractivity (Wildman–Crippen MR) is 128 cm³/mol. The summed E-state index contributed by atoms with van der Waals surface area (Å²) in [5, 5.41) is 1.65. The first-order valence-electron chi connectivity index (χ1n) is 10.9. The molecule has 4 aromatic rings. The maximum atomic E-state index is 2.46. The van der Waals surface area contributed by atoms with E-state index in [9.17, 15) is 0 Å². The summed E-state index contributed by atoms with van der Waals surface area (Å²) in [6.07, 6.45) is 0. The maximum absolute atomic E-state index is 2.46. The topological polar surface area (TPSA) is 0 Å². The lowest BCUT2D eigenvalue weighted by molar-refractivity contribution is 1.13. The Labute approximate surface area is 179 Å². The third-order valence-electron chi connectivity index (χ3n) is 7.32. The number of hydrogen-bond acceptors (Lipinski definition) is 0. The monoisotopic (exact) mass is 398 g/mol. The minimum Gasteiger partial charge on any atom is -0.0622 e. The maximum Gasteiger partial charge on any atom is 0.0326 e. The highest BCUT2D eigenvalue weighted by Gasteiger charge is 2.49. The minimum atomic E-state index is 0.392. The quantitative estimate of drug-likeness (QED) is 0.365. The van der Waals surface area contributed by atoms with Crippen LogP contribution in [0.5, 0.6) is 0 Å². The summed E-state index contributed by atoms with van der Waals surface area (Å²) in [5.74, 6) is 0.671. The smallest absolute Gasteiger partial charge is 0.0326 e. The van der Waals surface area contributed by atoms with Gasteiger partial charge < -0.3 is 0 Å². The molecule has 0 N–H and O–H groups in total. The molecule has 3 aliphatic carbocycles. The number of benzene rings is 4. The van der Waals surface area contributed by atoms with Crippen molar-refractivity contribution in [2.75, 3.05) is 0 Å². The van der Waals surface area contributed by atoms with Crippen molar-refractivity contribution in [3.8, 4) is 33.4 Å². The van der Waals surface area contributed by atoms with Gasteiger partial charge in [-0.2, -0.15) is 0 Å². The highest BCUT2D eigenvalue weighted by Crippen LogP contribution is 2.62. The molecular formula is C29H22Si. The lowest BCUT2D eigenvalue weighted by Gasteiger charge is -2.12. The molecule has 2 atom stereocenters. The van der Waals surface area contributed by atoms with Crippen LogP contribution in [0.1, 0.15) is 29.5 Å². The van der Waals surface area contributed by atoms with E-state index < -0.39 is 0 Å². The molecule has 0 nitrogen and oxygen atoms in total. The molecule has 0 spiro atoms. The fourth-order valence-electron chi connectivity index (χ4n) is 5.98. The van der Waals surface area contributed by atoms with E-state index in [0.29, 0.717) is 15.0 Å². The Hall–Kier alpha value is -3.03. The molecule has 0 fully saturated rings. The lowest BCUT2D eigenvalue weighted by atomic mass is 9.91. The van der Waals surface area contributed by atoms with Gasteiger partial charge in [-0.25, -0.2) is 0 Å². The van der Waals surface area contributed by atoms with Crippen LogP contribution in [0.3, 0.4) is 0 Å². The zero-order chi connectivity index (χ0) is 20.0. The Kier molecular flexibility index (Phi) is 3.22. The van der Waals surface area contributed by atoms with E-state index in [4.69, 9.17) is 0 Å². The van der Waals surface area contributed by atoms with Gasteiger partial charge in [0.1, 0.15) is 0 Å². The molecule has 142 valence electrons. The van der Waals surface area contributed by atoms with Crippen molar-refractivity contribution < 1.29 is 0 Å². The normalized spacial score (nSPS) is 19.2. The van der Waals surface area contributed by atoms with E-state index in [1.165, 1.54) is 27.8 Å². The van der Waals surface area contributed by atoms with E-state index in [1.807, 2.05) is 0 Å². The zero-order valence-corrected chi connectivity index (χ0v) is 18.4. The first kappa shape index (κ1) is 16.7. The van der Waals surface area contributed by atoms with Crippen LogP contribution < -0.4 is 5.22 Å². The lowest BCUT2D eigenvalue weighted by Crippen LogP contribution is -2.11. The highest BCUT2D eigenvalue weighted by molar-refractivity contribution is 6.37. The van der Waals surface area contributed by atoms with Crippen LogP contribution in [-0.4, -0.2) is 9.13 Å². The Balaban J connectivity index is 1.53. The molecule has 4 aromatic carbocycles. The molecule has 1 heterocycles. The van der Waals surface area contributed by atoms with Crippen LogP contribution in [0.2, 0.25) is 5.54 Å². The average Bonchev–Trinajstić information content (AvgIpc) is 3.32. The van der Waals surface area contributed by atoms with Gasteiger partial charge in [0, 0.05) is 15.0 Å². The SMILES string of the molecule is Cc1c2c3c(-c4cc(-c5ccccc5)cc(-c5ccccc5)c4)c4c1=[SiH]C(C)C=4C23. The second-order valence-corrected chi connectivity index (χ2v) is 10.9. The third kappa shape index (κ3) is 2.08. The first-order chi connectivity index (χ1) is 14.7. The van der Waals surface area contributed by atoms with Crippen molar-refractivity contribution in [1.29, 1.82) is 0 Å². The van der Waals surface area contributed by atoms with Gasteiger partial charge in [0.15, 0.2) is 0 Å². The van der Waals surface area contributed by atoms with E-state index in [-0.39, 0.29) is 0 Å². The second kappa shape index (κ2) is 5.77. The van der Waals surface area contributed by atoms with Crippen molar-refractivity contribution in [3.63, 3.8) is 0 Å². The summed E-state index contributed by atoms with van der Waals surface area (Å²) < 4.78 is 0. The fraction of sp³-hybridized carbons (Fsp3) is 0.138. The fourth-order valence-corrected chi connectivity index (χ4v) is 7.90. The van der Waals surface area contributed by atoms with Crippen LogP contribution >= 0.6 is 0 Å². The summed E-state index contributed by atoms with van der Waals surface area (Å²) >= 11 is 0. The van der Waals surface area contributed by atoms with Crippen molar-refractivity contribution in [2.45, 2.75) is 25.3 Å². The van der Waals surface area contributed by atoms with Crippen LogP contribution in [0.15, 0.2) is 78.9 Å². The molecule has 0 aromatic heterocycles. The van der Waals surface area contributed by atoms with Gasteiger partial charge in [0.25, 0.3) is 0 Å². The molecule has 2 unspecified atom stereocenters. The van der Waals surface area contributed by atoms with Gasteiger partial charge in [-0.05, 0) is 96.3 Å². The molecular weight excluding hydrogens is 376 g/mol. The van der Waals surface area contributed by atoms with Gasteiger partial charge in [-0.15, -0.1) is 0 Å². The number of hydrogen-bond donors (Lipinski definition) is 0. The Morgan fingerprint density at radius 3 is 1.83 bits per heavy atom. The number of rotatable bonds is 3. The standard InChI is InChI=1S/C29H22Si/c1-16-23-26-24-17(2)30-29(16)28(24)25(27(23)26)22-14-20(18-9-5-3-6-10-18)13-21(15-22)19-11-7-4-8-12-19/h3-15,17,26,30H,1-2H3. The van der Waals surface area contributed by atoms with E-state index >= 15 is 0 Å². The van der Waals surface area contributed by atoms with Crippen LogP contribution in [0.4, 0.5) is 0 Å². The summed E-state index contributed by atoms with van der Waals surface area (Å²) in [4.78, 5) is 1.71. The Bertz CT molecular complexity index is 1440. The van der Waals surface area contributed by atoms with Gasteiger partial charge in [0.05, 0.1) is 0 Å². The molecule has 8 rings (SSSR count). The van der Waals surface area contributed by atoms with Gasteiger partial charge in [-0.1, -0.05) is 67.6 Å². The van der Waals surface area contributed by atoms with Crippen molar-refractivity contribution in [2.24, 2.45) is 0 Å². The minimum absolute atomic E-state index is 0.392. The first-order valence-corrected chi connectivity index (χ1v) is 12.2. The van der Waals surface area contributed by atoms with Gasteiger partial charge in [-0.3, -0.25) is 0 Å². The summed E-state index contributed by atoms with van der Waals surface area (Å²) in [7, 11) is 0.392. The van der Waals surface area contributed by atoms with Gasteiger partial charge >= 0.3 is 0 Å². The Morgan fingerprint density at radius 1 is 0.667 bits per heavy atom. The zero-order valence-electron chi connectivity index (χ0n) is 17.2. The third-order valence-corrected chi connectivity index (χ3v) is 9.24. The van der Waals surface area contributed by atoms with Crippen molar-refractivity contribution in [1.82, 2.24) is 0 Å². The highest BCUT2D eigenvalue weighted by atomic mass is 28.2. The van der Waals surface area contributed by atoms with Crippen LogP contribution in [-0.2, 0) is 0 Å². The molecule has 4 aliphatic rings. The second-order valence-electron chi connectivity index (χ2n) is 8.99. The largest absolute Gasteiger partial charge is 0.0622 e. The van der Waals surface area contributed by atoms with E-state index in [2.05, 4.69) is 92.7 Å². The summed E-state index contributed by atoms with van der Waals surface area (Å²) in [6, 6.07) is 28.9. The predicted octanol–water partition coefficient (Wildman–Crippen LogP) is 6.12. The molecule has 30 heavy (non-hydrogen) atoms. The molecule has 0 radical (unpaired) electrons. The average molecular weight is 399 g/mol. The van der Waals surface area contributed by atoms with Crippen molar-refractivity contribution >= 4 is 14.7 Å². The van der Waals surface area contributed by atoms with Crippen molar-refractivity contribution in [3.05, 3.63) is 106 Å². The van der Waals surface area contributed by atoms with Gasteiger partial charge in [0.2, 0.25) is 0 Å². The Morgan fingerprint density at radius 2 is 1.23 bits per heavy atom. The molecule has 6 bridgehead atoms. The summed E-state index contributed by atoms with van der Waals surface area (Å²) in [6.45, 7) is 4.83. The molecule has 1 heteroatoms. The van der Waals surface area contributed by atoms with Crippen LogP contribution in [0, 0.1) is 11.7 Å². The van der Waals surface area contributed by atoms with E-state index in [0.717, 1.165) is 5.54 Å². The summed E-state index contributed by atoms with van der Waals surface area (Å²) in [5.41, 5.74) is 15.7. The molecule has 1 aliphatic heterocycles.